The quantitative estimate of drug-likeness (QED) is 0.670. The Morgan fingerprint density at radius 2 is 1.64 bits per heavy atom. The lowest BCUT2D eigenvalue weighted by atomic mass is 10.1. The van der Waals surface area contributed by atoms with Gasteiger partial charge in [0, 0.05) is 23.5 Å². The van der Waals surface area contributed by atoms with Crippen LogP contribution in [-0.4, -0.2) is 4.57 Å². The second kappa shape index (κ2) is 3.50. The SMILES string of the molecule is Cc1ccc(-c2ccc(Cl)cc2)n1C. The van der Waals surface area contributed by atoms with Crippen molar-refractivity contribution in [1.29, 1.82) is 0 Å². The highest BCUT2D eigenvalue weighted by Gasteiger charge is 2.02. The third-order valence-electron chi connectivity index (χ3n) is 2.51. The number of aryl methyl sites for hydroxylation is 1. The van der Waals surface area contributed by atoms with E-state index in [-0.39, 0.29) is 0 Å². The van der Waals surface area contributed by atoms with E-state index in [1.165, 1.54) is 17.0 Å². The molecule has 0 saturated carbocycles. The average Bonchev–Trinajstić information content (AvgIpc) is 2.50. The van der Waals surface area contributed by atoms with Gasteiger partial charge in [-0.3, -0.25) is 0 Å². The molecule has 0 aliphatic heterocycles. The lowest BCUT2D eigenvalue weighted by Crippen LogP contribution is -1.93. The topological polar surface area (TPSA) is 4.93 Å². The van der Waals surface area contributed by atoms with Gasteiger partial charge in [-0.1, -0.05) is 23.7 Å². The van der Waals surface area contributed by atoms with Crippen LogP contribution in [0.1, 0.15) is 5.69 Å². The van der Waals surface area contributed by atoms with Gasteiger partial charge in [-0.25, -0.2) is 0 Å². The van der Waals surface area contributed by atoms with Gasteiger partial charge in [-0.05, 0) is 36.8 Å². The molecule has 72 valence electrons. The van der Waals surface area contributed by atoms with E-state index in [2.05, 4.69) is 30.7 Å². The van der Waals surface area contributed by atoms with Gasteiger partial charge in [0.1, 0.15) is 0 Å². The van der Waals surface area contributed by atoms with E-state index < -0.39 is 0 Å². The van der Waals surface area contributed by atoms with Gasteiger partial charge in [0.15, 0.2) is 0 Å². The van der Waals surface area contributed by atoms with E-state index in [1.807, 2.05) is 24.3 Å². The third-order valence-corrected chi connectivity index (χ3v) is 2.76. The molecule has 0 spiro atoms. The van der Waals surface area contributed by atoms with E-state index in [9.17, 15) is 0 Å². The number of rotatable bonds is 1. The van der Waals surface area contributed by atoms with E-state index in [0.717, 1.165) is 5.02 Å². The van der Waals surface area contributed by atoms with Crippen LogP contribution in [0, 0.1) is 6.92 Å². The first kappa shape index (κ1) is 9.35. The fourth-order valence-corrected chi connectivity index (χ4v) is 1.65. The standard InChI is InChI=1S/C12H12ClN/c1-9-3-8-12(14(9)2)10-4-6-11(13)7-5-10/h3-8H,1-2H3. The monoisotopic (exact) mass is 205 g/mol. The molecule has 1 heterocycles. The molecule has 2 aromatic rings. The van der Waals surface area contributed by atoms with Crippen molar-refractivity contribution in [3.05, 3.63) is 47.1 Å². The molecule has 0 saturated heterocycles. The van der Waals surface area contributed by atoms with Crippen LogP contribution in [0.15, 0.2) is 36.4 Å². The number of aromatic nitrogens is 1. The molecule has 1 nitrogen and oxygen atoms in total. The smallest absolute Gasteiger partial charge is 0.0479 e. The Morgan fingerprint density at radius 1 is 1.00 bits per heavy atom. The maximum absolute atomic E-state index is 5.84. The number of hydrogen-bond acceptors (Lipinski definition) is 0. The Morgan fingerprint density at radius 3 is 2.14 bits per heavy atom. The molecule has 1 aromatic carbocycles. The zero-order valence-electron chi connectivity index (χ0n) is 8.29. The van der Waals surface area contributed by atoms with Crippen LogP contribution in [-0.2, 0) is 7.05 Å². The molecule has 14 heavy (non-hydrogen) atoms. The lowest BCUT2D eigenvalue weighted by Gasteiger charge is -2.05. The summed E-state index contributed by atoms with van der Waals surface area (Å²) in [5.41, 5.74) is 3.68. The summed E-state index contributed by atoms with van der Waals surface area (Å²) in [5.74, 6) is 0. The lowest BCUT2D eigenvalue weighted by molar-refractivity contribution is 0.891. The maximum atomic E-state index is 5.84. The Balaban J connectivity index is 2.49. The van der Waals surface area contributed by atoms with Gasteiger partial charge < -0.3 is 4.57 Å². The van der Waals surface area contributed by atoms with Gasteiger partial charge in [-0.2, -0.15) is 0 Å². The molecular formula is C12H12ClN. The molecule has 1 aromatic heterocycles. The van der Waals surface area contributed by atoms with Crippen molar-refractivity contribution in [3.8, 4) is 11.3 Å². The van der Waals surface area contributed by atoms with Gasteiger partial charge in [-0.15, -0.1) is 0 Å². The van der Waals surface area contributed by atoms with Gasteiger partial charge in [0.05, 0.1) is 0 Å². The van der Waals surface area contributed by atoms with E-state index in [4.69, 9.17) is 11.6 Å². The van der Waals surface area contributed by atoms with Crippen molar-refractivity contribution >= 4 is 11.6 Å². The minimum atomic E-state index is 0.777. The third kappa shape index (κ3) is 1.55. The van der Waals surface area contributed by atoms with Crippen LogP contribution in [0.4, 0.5) is 0 Å². The summed E-state index contributed by atoms with van der Waals surface area (Å²) < 4.78 is 2.17. The molecular weight excluding hydrogens is 194 g/mol. The summed E-state index contributed by atoms with van der Waals surface area (Å²) in [6.45, 7) is 2.10. The zero-order valence-corrected chi connectivity index (χ0v) is 9.05. The molecule has 2 rings (SSSR count). The Hall–Kier alpha value is -1.21. The van der Waals surface area contributed by atoms with E-state index in [1.54, 1.807) is 0 Å². The molecule has 0 aliphatic rings. The van der Waals surface area contributed by atoms with Gasteiger partial charge >= 0.3 is 0 Å². The van der Waals surface area contributed by atoms with Crippen LogP contribution < -0.4 is 0 Å². The van der Waals surface area contributed by atoms with Gasteiger partial charge in [0.2, 0.25) is 0 Å². The number of halogens is 1. The van der Waals surface area contributed by atoms with Crippen LogP contribution in [0.2, 0.25) is 5.02 Å². The number of nitrogens with zero attached hydrogens (tertiary/aromatic N) is 1. The highest BCUT2D eigenvalue weighted by atomic mass is 35.5. The molecule has 0 amide bonds. The molecule has 0 atom stereocenters. The average molecular weight is 206 g/mol. The number of hydrogen-bond donors (Lipinski definition) is 0. The number of benzene rings is 1. The highest BCUT2D eigenvalue weighted by molar-refractivity contribution is 6.30. The minimum Gasteiger partial charge on any atom is -0.348 e. The zero-order chi connectivity index (χ0) is 10.1. The van der Waals surface area contributed by atoms with Crippen LogP contribution in [0.25, 0.3) is 11.3 Å². The predicted molar refractivity (Wildman–Crippen MR) is 60.6 cm³/mol. The van der Waals surface area contributed by atoms with Gasteiger partial charge in [0.25, 0.3) is 0 Å². The van der Waals surface area contributed by atoms with Crippen LogP contribution >= 0.6 is 11.6 Å². The van der Waals surface area contributed by atoms with Crippen LogP contribution in [0.3, 0.4) is 0 Å². The van der Waals surface area contributed by atoms with Crippen molar-refractivity contribution in [2.45, 2.75) is 6.92 Å². The Kier molecular flexibility index (Phi) is 2.34. The minimum absolute atomic E-state index is 0.777. The molecule has 0 bridgehead atoms. The summed E-state index contributed by atoms with van der Waals surface area (Å²) in [5, 5.41) is 0.777. The normalized spacial score (nSPS) is 10.5. The van der Waals surface area contributed by atoms with E-state index in [0.29, 0.717) is 0 Å². The van der Waals surface area contributed by atoms with Crippen molar-refractivity contribution < 1.29 is 0 Å². The first-order chi connectivity index (χ1) is 6.68. The van der Waals surface area contributed by atoms with Crippen molar-refractivity contribution in [2.75, 3.05) is 0 Å². The molecule has 0 fully saturated rings. The largest absolute Gasteiger partial charge is 0.348 e. The summed E-state index contributed by atoms with van der Waals surface area (Å²) in [7, 11) is 2.07. The fraction of sp³-hybridized carbons (Fsp3) is 0.167. The highest BCUT2D eigenvalue weighted by Crippen LogP contribution is 2.22. The summed E-state index contributed by atoms with van der Waals surface area (Å²) in [6.07, 6.45) is 0. The molecule has 0 aliphatic carbocycles. The van der Waals surface area contributed by atoms with Crippen LogP contribution in [0.5, 0.6) is 0 Å². The molecule has 0 unspecified atom stereocenters. The Labute approximate surface area is 88.9 Å². The van der Waals surface area contributed by atoms with Crippen molar-refractivity contribution in [3.63, 3.8) is 0 Å². The molecule has 0 N–H and O–H groups in total. The summed E-state index contributed by atoms with van der Waals surface area (Å²) in [6, 6.07) is 12.1. The maximum Gasteiger partial charge on any atom is 0.0479 e. The van der Waals surface area contributed by atoms with Crippen molar-refractivity contribution in [2.24, 2.45) is 7.05 Å². The first-order valence-corrected chi connectivity index (χ1v) is 4.94. The first-order valence-electron chi connectivity index (χ1n) is 4.57. The summed E-state index contributed by atoms with van der Waals surface area (Å²) >= 11 is 5.84. The second-order valence-corrected chi connectivity index (χ2v) is 3.86. The summed E-state index contributed by atoms with van der Waals surface area (Å²) in [4.78, 5) is 0. The second-order valence-electron chi connectivity index (χ2n) is 3.43. The fourth-order valence-electron chi connectivity index (χ4n) is 1.52. The van der Waals surface area contributed by atoms with Crippen molar-refractivity contribution in [1.82, 2.24) is 4.57 Å². The molecule has 0 radical (unpaired) electrons. The van der Waals surface area contributed by atoms with E-state index >= 15 is 0 Å². The molecule has 2 heteroatoms. The Bertz CT molecular complexity index is 440. The predicted octanol–water partition coefficient (Wildman–Crippen LogP) is 3.65.